The fraction of sp³-hybridized carbons (Fsp3) is 0.553. The Hall–Kier alpha value is -3.56. The summed E-state index contributed by atoms with van der Waals surface area (Å²) in [6.07, 6.45) is 1.19. The van der Waals surface area contributed by atoms with Crippen LogP contribution in [0.15, 0.2) is 42.5 Å². The Morgan fingerprint density at radius 1 is 0.627 bits per heavy atom. The van der Waals surface area contributed by atoms with Gasteiger partial charge in [0.1, 0.15) is 53.9 Å². The van der Waals surface area contributed by atoms with E-state index in [-0.39, 0.29) is 17.2 Å². The van der Waals surface area contributed by atoms with Gasteiger partial charge in [0.05, 0.1) is 12.2 Å². The second-order valence-electron chi connectivity index (χ2n) is 14.6. The highest BCUT2D eigenvalue weighted by Crippen LogP contribution is 2.49. The Balaban J connectivity index is 2.57. The van der Waals surface area contributed by atoms with Gasteiger partial charge < -0.3 is 42.4 Å². The van der Waals surface area contributed by atoms with Gasteiger partial charge in [-0.25, -0.2) is 15.3 Å². The van der Waals surface area contributed by atoms with Crippen molar-refractivity contribution in [1.29, 1.82) is 0 Å². The number of carbonyl (C=O) groups excluding carboxylic acids is 2. The molecular formula is C38H60N3O15P3. The summed E-state index contributed by atoms with van der Waals surface area (Å²) >= 11 is 0. The molecule has 2 rings (SSSR count). The summed E-state index contributed by atoms with van der Waals surface area (Å²) < 4.78 is 85.6. The van der Waals surface area contributed by atoms with Gasteiger partial charge in [-0.3, -0.25) is 28.1 Å². The molecule has 0 saturated carbocycles. The van der Waals surface area contributed by atoms with Gasteiger partial charge in [-0.15, -0.1) is 0 Å². The molecule has 0 bridgehead atoms. The summed E-state index contributed by atoms with van der Waals surface area (Å²) in [5.41, 5.74) is -0.541. The Bertz CT molecular complexity index is 1820. The quantitative estimate of drug-likeness (QED) is 0.0411. The third kappa shape index (κ3) is 16.8. The maximum Gasteiger partial charge on any atom is 0.342 e. The first-order valence-corrected chi connectivity index (χ1v) is 24.1. The number of carboxylic acids is 1. The second-order valence-corrected chi connectivity index (χ2v) is 20.7. The van der Waals surface area contributed by atoms with Gasteiger partial charge in [0.25, 0.3) is 0 Å². The normalized spacial score (nSPS) is 17.0. The number of hydrogen-bond acceptors (Lipinski definition) is 14. The molecule has 59 heavy (non-hydrogen) atoms. The number of benzene rings is 2. The monoisotopic (exact) mass is 891 g/mol. The highest BCUT2D eigenvalue weighted by Gasteiger charge is 2.44. The molecule has 0 fully saturated rings. The Kier molecular flexibility index (Phi) is 20.0. The maximum atomic E-state index is 14.1. The van der Waals surface area contributed by atoms with Crippen LogP contribution in [0.4, 0.5) is 0 Å². The first-order valence-electron chi connectivity index (χ1n) is 18.7. The topological polar surface area (TPSA) is 233 Å². The maximum absolute atomic E-state index is 14.1. The molecule has 4 unspecified atom stereocenters. The van der Waals surface area contributed by atoms with Crippen LogP contribution in [0.25, 0.3) is 12.2 Å². The van der Waals surface area contributed by atoms with Gasteiger partial charge in [-0.1, -0.05) is 38.1 Å². The van der Waals surface area contributed by atoms with Gasteiger partial charge in [0.15, 0.2) is 0 Å². The minimum atomic E-state index is -3.98. The first-order chi connectivity index (χ1) is 27.4. The van der Waals surface area contributed by atoms with E-state index in [1.165, 1.54) is 60.3 Å². The van der Waals surface area contributed by atoms with Crippen molar-refractivity contribution in [2.45, 2.75) is 92.1 Å². The van der Waals surface area contributed by atoms with Gasteiger partial charge in [0, 0.05) is 27.4 Å². The Morgan fingerprint density at radius 2 is 1.02 bits per heavy atom. The van der Waals surface area contributed by atoms with Gasteiger partial charge in [0.2, 0.25) is 0 Å². The lowest BCUT2D eigenvalue weighted by Gasteiger charge is -2.34. The zero-order valence-electron chi connectivity index (χ0n) is 35.7. The average Bonchev–Trinajstić information content (AvgIpc) is 3.10. The van der Waals surface area contributed by atoms with Gasteiger partial charge in [-0.05, 0) is 89.8 Å². The fourth-order valence-electron chi connectivity index (χ4n) is 5.05. The molecule has 0 spiro atoms. The summed E-state index contributed by atoms with van der Waals surface area (Å²) in [7, 11) is -7.90. The highest BCUT2D eigenvalue weighted by atomic mass is 31.2. The molecule has 6 atom stereocenters. The third-order valence-electron chi connectivity index (χ3n) is 8.10. The Labute approximate surface area is 346 Å². The summed E-state index contributed by atoms with van der Waals surface area (Å²) in [6, 6.07) is 8.64. The smallest absolute Gasteiger partial charge is 0.342 e. The molecule has 0 amide bonds. The van der Waals surface area contributed by atoms with E-state index in [2.05, 4.69) is 15.3 Å². The number of carboxylic acid groups (broad SMARTS) is 1. The van der Waals surface area contributed by atoms with Gasteiger partial charge in [-0.2, -0.15) is 0 Å². The molecule has 2 aromatic rings. The zero-order chi connectivity index (χ0) is 44.8. The predicted molar refractivity (Wildman–Crippen MR) is 224 cm³/mol. The number of rotatable bonds is 26. The van der Waals surface area contributed by atoms with Crippen molar-refractivity contribution < 1.29 is 70.4 Å². The summed E-state index contributed by atoms with van der Waals surface area (Å²) in [5.74, 6) is -2.86. The van der Waals surface area contributed by atoms with E-state index in [9.17, 15) is 33.2 Å². The standard InChI is InChI=1S/C38H60N3O15P3/c1-25(2)38(9,37(44)45)41-59(48,24-51-12)54-32-17-15-30(16-18-32)13-14-31-19-33(55-57(46,22-49-10)39-28(7)35(42)52-26(3)4)21-34(20-31)56-58(47,23-50-11)40-29(8)36(43)53-27(5)6/h13-21,25-29H,22-24H2,1-12H3,(H,39,46)(H,40,47)(H,41,48)(H,44,45)/b14-13+/t28-,29-,38?,57?,58?,59?/m0/s1. The molecule has 0 aliphatic rings. The molecule has 4 N–H and O–H groups in total. The van der Waals surface area contributed by atoms with Crippen LogP contribution in [0.2, 0.25) is 0 Å². The van der Waals surface area contributed by atoms with Crippen LogP contribution in [-0.4, -0.2) is 93.2 Å². The number of aliphatic carboxylic acids is 1. The Morgan fingerprint density at radius 3 is 1.39 bits per heavy atom. The molecule has 332 valence electrons. The largest absolute Gasteiger partial charge is 0.480 e. The van der Waals surface area contributed by atoms with Crippen molar-refractivity contribution in [3.8, 4) is 17.2 Å². The number of nitrogens with one attached hydrogen (secondary N) is 3. The fourth-order valence-corrected chi connectivity index (χ4v) is 10.4. The van der Waals surface area contributed by atoms with Crippen LogP contribution in [0.3, 0.4) is 0 Å². The zero-order valence-corrected chi connectivity index (χ0v) is 38.4. The number of esters is 2. The molecule has 2 aromatic carbocycles. The number of hydrogen-bond donors (Lipinski definition) is 4. The molecule has 21 heteroatoms. The minimum Gasteiger partial charge on any atom is -0.480 e. The van der Waals surface area contributed by atoms with E-state index in [1.54, 1.807) is 78.0 Å². The molecule has 0 radical (unpaired) electrons. The molecule has 0 aliphatic carbocycles. The van der Waals surface area contributed by atoms with Crippen LogP contribution in [-0.2, 0) is 51.8 Å². The highest BCUT2D eigenvalue weighted by molar-refractivity contribution is 7.57. The van der Waals surface area contributed by atoms with E-state index in [0.29, 0.717) is 11.1 Å². The summed E-state index contributed by atoms with van der Waals surface area (Å²) in [5, 5.41) is 17.9. The van der Waals surface area contributed by atoms with E-state index in [1.807, 2.05) is 0 Å². The van der Waals surface area contributed by atoms with Crippen molar-refractivity contribution >= 4 is 52.6 Å². The minimum absolute atomic E-state index is 0.0319. The van der Waals surface area contributed by atoms with Crippen LogP contribution < -0.4 is 28.8 Å². The number of carbonyl (C=O) groups is 3. The van der Waals surface area contributed by atoms with Crippen molar-refractivity contribution in [3.63, 3.8) is 0 Å². The first kappa shape index (κ1) is 51.6. The van der Waals surface area contributed by atoms with E-state index in [4.69, 9.17) is 37.3 Å². The van der Waals surface area contributed by atoms with E-state index >= 15 is 0 Å². The number of ether oxygens (including phenoxy) is 5. The van der Waals surface area contributed by atoms with Crippen molar-refractivity contribution in [1.82, 2.24) is 15.3 Å². The third-order valence-corrected chi connectivity index (χ3v) is 13.8. The molecule has 0 saturated heterocycles. The van der Waals surface area contributed by atoms with Crippen LogP contribution >= 0.6 is 22.6 Å². The summed E-state index contributed by atoms with van der Waals surface area (Å²) in [6.45, 7) is 14.4. The lowest BCUT2D eigenvalue weighted by Crippen LogP contribution is -2.52. The van der Waals surface area contributed by atoms with Crippen LogP contribution in [0.5, 0.6) is 17.2 Å². The lowest BCUT2D eigenvalue weighted by atomic mass is 9.90. The molecular weight excluding hydrogens is 831 g/mol. The molecule has 0 aromatic heterocycles. The van der Waals surface area contributed by atoms with Crippen molar-refractivity contribution in [2.75, 3.05) is 40.4 Å². The van der Waals surface area contributed by atoms with E-state index < -0.39 is 95.3 Å². The van der Waals surface area contributed by atoms with Crippen molar-refractivity contribution in [2.24, 2.45) is 5.92 Å². The molecule has 18 nitrogen and oxygen atoms in total. The second kappa shape index (κ2) is 22.9. The van der Waals surface area contributed by atoms with Crippen molar-refractivity contribution in [3.05, 3.63) is 53.6 Å². The lowest BCUT2D eigenvalue weighted by molar-refractivity contribution is -0.149. The van der Waals surface area contributed by atoms with Crippen LogP contribution in [0, 0.1) is 5.92 Å². The van der Waals surface area contributed by atoms with Crippen LogP contribution in [0.1, 0.15) is 73.4 Å². The number of methoxy groups -OCH3 is 3. The van der Waals surface area contributed by atoms with Gasteiger partial charge >= 0.3 is 40.5 Å². The summed E-state index contributed by atoms with van der Waals surface area (Å²) in [4.78, 5) is 37.3. The molecule has 0 aliphatic heterocycles. The molecule has 0 heterocycles. The average molecular weight is 892 g/mol. The van der Waals surface area contributed by atoms with E-state index in [0.717, 1.165) is 0 Å². The SMILES string of the molecule is COCP(=O)(N[C@@H](C)C(=O)OC(C)C)Oc1cc(/C=C/c2ccc(OP(=O)(COC)NC(C)(C(=O)O)C(C)C)cc2)cc(OP(=O)(COC)N[C@@H](C)C(=O)OC(C)C)c1. The predicted octanol–water partition coefficient (Wildman–Crippen LogP) is 7.33.